The summed E-state index contributed by atoms with van der Waals surface area (Å²) in [6.07, 6.45) is 0. The van der Waals surface area contributed by atoms with Gasteiger partial charge in [-0.25, -0.2) is 0 Å². The van der Waals surface area contributed by atoms with Gasteiger partial charge < -0.3 is 20.2 Å². The molecule has 0 aromatic heterocycles. The largest absolute Gasteiger partial charge is 3.00 e. The average Bonchev–Trinajstić information content (AvgIpc) is 2.49. The molecule has 11 heteroatoms. The second-order valence-corrected chi connectivity index (χ2v) is 6.31. The van der Waals surface area contributed by atoms with Gasteiger partial charge in [-0.15, -0.1) is 0 Å². The van der Waals surface area contributed by atoms with Gasteiger partial charge in [0.05, 0.1) is 19.6 Å². The average molecular weight is 518 g/mol. The van der Waals surface area contributed by atoms with Gasteiger partial charge in [0.25, 0.3) is 0 Å². The minimum atomic E-state index is -0.957. The van der Waals surface area contributed by atoms with Crippen molar-refractivity contribution >= 4 is 17.9 Å². The number of nitrogens with zero attached hydrogens (tertiary/aromatic N) is 4. The van der Waals surface area contributed by atoms with E-state index in [1.54, 1.807) is 14.7 Å². The van der Waals surface area contributed by atoms with Crippen molar-refractivity contribution in [2.75, 3.05) is 79.0 Å². The van der Waals surface area contributed by atoms with Crippen LogP contribution in [-0.4, -0.2) is 132 Å². The molecule has 0 spiro atoms. The SMILES string of the molecule is CN1CCN(CC(=O)O)CCN(CC(=O)O)CCN(CC(=O)O)CC1.[Gd+3]. The summed E-state index contributed by atoms with van der Waals surface area (Å²) in [6, 6.07) is 0. The van der Waals surface area contributed by atoms with E-state index in [2.05, 4.69) is 0 Å². The minimum absolute atomic E-state index is 0. The van der Waals surface area contributed by atoms with Gasteiger partial charge in [-0.1, -0.05) is 0 Å². The van der Waals surface area contributed by atoms with Gasteiger partial charge in [0.1, 0.15) is 0 Å². The molecule has 1 radical (unpaired) electrons. The number of likely N-dealkylation sites (N-methyl/N-ethyl adjacent to an activating group) is 1. The third-order valence-corrected chi connectivity index (χ3v) is 4.14. The van der Waals surface area contributed by atoms with Crippen LogP contribution in [0.15, 0.2) is 0 Å². The van der Waals surface area contributed by atoms with Crippen LogP contribution in [0, 0.1) is 39.9 Å². The summed E-state index contributed by atoms with van der Waals surface area (Å²) in [5, 5.41) is 27.1. The van der Waals surface area contributed by atoms with Gasteiger partial charge in [0.2, 0.25) is 0 Å². The van der Waals surface area contributed by atoms with Crippen LogP contribution in [0.3, 0.4) is 0 Å². The number of rotatable bonds is 6. The van der Waals surface area contributed by atoms with Crippen molar-refractivity contribution in [2.45, 2.75) is 0 Å². The fraction of sp³-hybridized carbons (Fsp3) is 0.800. The Bertz CT molecular complexity index is 435. The van der Waals surface area contributed by atoms with Crippen LogP contribution in [0.2, 0.25) is 0 Å². The molecule has 0 aromatic rings. The Labute approximate surface area is 185 Å². The molecule has 0 atom stereocenters. The van der Waals surface area contributed by atoms with E-state index < -0.39 is 17.9 Å². The van der Waals surface area contributed by atoms with Crippen LogP contribution in [-0.2, 0) is 14.4 Å². The Morgan fingerprint density at radius 1 is 0.615 bits per heavy atom. The van der Waals surface area contributed by atoms with Crippen molar-refractivity contribution in [2.24, 2.45) is 0 Å². The molecular weight excluding hydrogens is 489 g/mol. The van der Waals surface area contributed by atoms with Gasteiger partial charge in [-0.2, -0.15) is 0 Å². The van der Waals surface area contributed by atoms with Crippen molar-refractivity contribution in [3.8, 4) is 0 Å². The summed E-state index contributed by atoms with van der Waals surface area (Å²) in [6.45, 7) is 3.86. The number of aliphatic carboxylic acids is 3. The smallest absolute Gasteiger partial charge is 0.480 e. The molecule has 26 heavy (non-hydrogen) atoms. The first-order chi connectivity index (χ1) is 11.8. The quantitative estimate of drug-likeness (QED) is 0.368. The van der Waals surface area contributed by atoms with E-state index in [0.29, 0.717) is 52.4 Å². The van der Waals surface area contributed by atoms with Crippen molar-refractivity contribution in [1.82, 2.24) is 19.6 Å². The van der Waals surface area contributed by atoms with Crippen LogP contribution in [0.1, 0.15) is 0 Å². The molecule has 0 unspecified atom stereocenters. The fourth-order valence-corrected chi connectivity index (χ4v) is 2.69. The topological polar surface area (TPSA) is 125 Å². The van der Waals surface area contributed by atoms with Crippen LogP contribution >= 0.6 is 0 Å². The molecule has 0 aromatic carbocycles. The Kier molecular flexibility index (Phi) is 13.5. The molecule has 0 amide bonds. The second-order valence-electron chi connectivity index (χ2n) is 6.31. The molecule has 1 fully saturated rings. The van der Waals surface area contributed by atoms with E-state index in [4.69, 9.17) is 15.3 Å². The van der Waals surface area contributed by atoms with Gasteiger partial charge in [0, 0.05) is 52.4 Å². The summed E-state index contributed by atoms with van der Waals surface area (Å²) >= 11 is 0. The number of carboxylic acids is 3. The van der Waals surface area contributed by atoms with Crippen LogP contribution in [0.25, 0.3) is 0 Å². The molecule has 1 rings (SSSR count). The third kappa shape index (κ3) is 12.1. The van der Waals surface area contributed by atoms with Crippen LogP contribution < -0.4 is 0 Å². The van der Waals surface area contributed by atoms with E-state index >= 15 is 0 Å². The van der Waals surface area contributed by atoms with Crippen molar-refractivity contribution in [3.63, 3.8) is 0 Å². The second kappa shape index (κ2) is 13.7. The first kappa shape index (κ1) is 25.6. The Morgan fingerprint density at radius 3 is 1.08 bits per heavy atom. The molecule has 0 saturated carbocycles. The molecule has 149 valence electrons. The molecule has 3 N–H and O–H groups in total. The maximum Gasteiger partial charge on any atom is 3.00 e. The summed E-state index contributed by atoms with van der Waals surface area (Å²) in [5.74, 6) is -2.78. The van der Waals surface area contributed by atoms with Crippen molar-refractivity contribution < 1.29 is 69.6 Å². The summed E-state index contributed by atoms with van der Waals surface area (Å²) in [5.41, 5.74) is 0. The van der Waals surface area contributed by atoms with E-state index in [1.165, 1.54) is 0 Å². The number of hydrogen-bond donors (Lipinski definition) is 3. The Balaban J connectivity index is 0.00000625. The minimum Gasteiger partial charge on any atom is -0.480 e. The third-order valence-electron chi connectivity index (χ3n) is 4.14. The van der Waals surface area contributed by atoms with Crippen LogP contribution in [0.4, 0.5) is 0 Å². The zero-order valence-electron chi connectivity index (χ0n) is 15.0. The molecular formula is C15H28GdN4O6+3. The van der Waals surface area contributed by atoms with Gasteiger partial charge in [0.15, 0.2) is 0 Å². The monoisotopic (exact) mass is 518 g/mol. The summed E-state index contributed by atoms with van der Waals surface area (Å²) in [4.78, 5) is 40.4. The standard InChI is InChI=1S/C15H28N4O6.Gd/c1-16-2-4-17(10-13(20)21)6-8-19(12-15(24)25)9-7-18(5-3-16)11-14(22)23;/h2-12H2,1H3,(H,20,21)(H,22,23)(H,24,25);/q;+3. The van der Waals surface area contributed by atoms with Gasteiger partial charge in [-0.3, -0.25) is 29.1 Å². The van der Waals surface area contributed by atoms with Crippen molar-refractivity contribution in [1.29, 1.82) is 0 Å². The van der Waals surface area contributed by atoms with Gasteiger partial charge in [-0.05, 0) is 7.05 Å². The molecule has 1 aliphatic rings. The van der Waals surface area contributed by atoms with E-state index in [9.17, 15) is 14.4 Å². The fourth-order valence-electron chi connectivity index (χ4n) is 2.69. The molecule has 1 aliphatic heterocycles. The predicted molar refractivity (Wildman–Crippen MR) is 89.7 cm³/mol. The Morgan fingerprint density at radius 2 is 0.846 bits per heavy atom. The molecule has 1 saturated heterocycles. The molecule has 0 aliphatic carbocycles. The van der Waals surface area contributed by atoms with E-state index in [-0.39, 0.29) is 59.6 Å². The number of hydrogen-bond acceptors (Lipinski definition) is 7. The van der Waals surface area contributed by atoms with E-state index in [0.717, 1.165) is 0 Å². The summed E-state index contributed by atoms with van der Waals surface area (Å²) in [7, 11) is 1.92. The van der Waals surface area contributed by atoms with E-state index in [1.807, 2.05) is 11.9 Å². The first-order valence-corrected chi connectivity index (χ1v) is 8.27. The van der Waals surface area contributed by atoms with Crippen molar-refractivity contribution in [3.05, 3.63) is 0 Å². The Hall–Kier alpha value is -0.425. The summed E-state index contributed by atoms with van der Waals surface area (Å²) < 4.78 is 0. The zero-order valence-corrected chi connectivity index (χ0v) is 17.3. The molecule has 10 nitrogen and oxygen atoms in total. The van der Waals surface area contributed by atoms with Crippen LogP contribution in [0.5, 0.6) is 0 Å². The normalized spacial score (nSPS) is 19.7. The number of carboxylic acid groups (broad SMARTS) is 3. The van der Waals surface area contributed by atoms with Gasteiger partial charge >= 0.3 is 57.8 Å². The zero-order chi connectivity index (χ0) is 18.8. The first-order valence-electron chi connectivity index (χ1n) is 8.27. The maximum atomic E-state index is 11.0. The maximum absolute atomic E-state index is 11.0. The number of carbonyl (C=O) groups is 3. The molecule has 0 bridgehead atoms. The molecule has 1 heterocycles. The predicted octanol–water partition coefficient (Wildman–Crippen LogP) is -1.91.